The van der Waals surface area contributed by atoms with Crippen LogP contribution < -0.4 is 5.06 Å². The SMILES string of the molecule is CC1(C)C[NH+]([O-])C(C)(C)C1. The van der Waals surface area contributed by atoms with Crippen molar-refractivity contribution in [1.29, 1.82) is 0 Å². The fourth-order valence-electron chi connectivity index (χ4n) is 2.03. The average Bonchev–Trinajstić information content (AvgIpc) is 1.73. The second kappa shape index (κ2) is 1.95. The minimum atomic E-state index is -0.0521. The first-order chi connectivity index (χ1) is 4.33. The van der Waals surface area contributed by atoms with Crippen molar-refractivity contribution in [3.63, 3.8) is 0 Å². The summed E-state index contributed by atoms with van der Waals surface area (Å²) >= 11 is 0. The van der Waals surface area contributed by atoms with E-state index in [4.69, 9.17) is 0 Å². The van der Waals surface area contributed by atoms with Crippen molar-refractivity contribution < 1.29 is 5.06 Å². The van der Waals surface area contributed by atoms with Crippen molar-refractivity contribution in [3.05, 3.63) is 5.21 Å². The molecule has 0 spiro atoms. The maximum atomic E-state index is 11.3. The van der Waals surface area contributed by atoms with Crippen molar-refractivity contribution in [2.75, 3.05) is 6.54 Å². The van der Waals surface area contributed by atoms with Gasteiger partial charge in [0, 0.05) is 11.8 Å². The first-order valence-corrected chi connectivity index (χ1v) is 3.87. The number of nitrogens with one attached hydrogen (secondary N) is 1. The molecule has 1 unspecified atom stereocenters. The predicted molar refractivity (Wildman–Crippen MR) is 41.7 cm³/mol. The maximum absolute atomic E-state index is 11.3. The van der Waals surface area contributed by atoms with E-state index < -0.39 is 0 Å². The summed E-state index contributed by atoms with van der Waals surface area (Å²) in [6, 6.07) is 0. The van der Waals surface area contributed by atoms with Gasteiger partial charge in [-0.05, 0) is 13.8 Å². The number of hydrogen-bond donors (Lipinski definition) is 1. The van der Waals surface area contributed by atoms with Crippen LogP contribution in [-0.2, 0) is 0 Å². The van der Waals surface area contributed by atoms with Crippen LogP contribution in [0.2, 0.25) is 0 Å². The molecule has 10 heavy (non-hydrogen) atoms. The molecule has 0 saturated carbocycles. The number of hydroxylamine groups is 2. The summed E-state index contributed by atoms with van der Waals surface area (Å²) in [4.78, 5) is 0. The van der Waals surface area contributed by atoms with E-state index in [0.29, 0.717) is 5.06 Å². The Morgan fingerprint density at radius 3 is 1.80 bits per heavy atom. The summed E-state index contributed by atoms with van der Waals surface area (Å²) in [5.74, 6) is 0. The van der Waals surface area contributed by atoms with Crippen molar-refractivity contribution in [3.8, 4) is 0 Å². The number of quaternary nitrogens is 1. The minimum Gasteiger partial charge on any atom is -0.634 e. The second-order valence-corrected chi connectivity index (χ2v) is 4.82. The number of rotatable bonds is 0. The lowest BCUT2D eigenvalue weighted by atomic mass is 9.86. The third-order valence-corrected chi connectivity index (χ3v) is 2.31. The summed E-state index contributed by atoms with van der Waals surface area (Å²) in [5, 5.41) is 11.7. The molecule has 2 heteroatoms. The van der Waals surface area contributed by atoms with E-state index in [1.165, 1.54) is 0 Å². The Morgan fingerprint density at radius 1 is 1.20 bits per heavy atom. The molecule has 1 saturated heterocycles. The highest BCUT2D eigenvalue weighted by atomic mass is 16.5. The fourth-order valence-corrected chi connectivity index (χ4v) is 2.03. The van der Waals surface area contributed by atoms with Gasteiger partial charge in [0.15, 0.2) is 0 Å². The zero-order chi connectivity index (χ0) is 7.99. The molecular weight excluding hydrogens is 126 g/mol. The molecule has 1 aliphatic heterocycles. The van der Waals surface area contributed by atoms with Gasteiger partial charge in [-0.2, -0.15) is 0 Å². The molecule has 1 fully saturated rings. The van der Waals surface area contributed by atoms with Gasteiger partial charge in [0.1, 0.15) is 0 Å². The van der Waals surface area contributed by atoms with Gasteiger partial charge >= 0.3 is 0 Å². The summed E-state index contributed by atoms with van der Waals surface area (Å²) < 4.78 is 0. The Bertz CT molecular complexity index is 140. The maximum Gasteiger partial charge on any atom is 0.0924 e. The van der Waals surface area contributed by atoms with E-state index in [1.807, 2.05) is 13.8 Å². The molecule has 0 aliphatic carbocycles. The van der Waals surface area contributed by atoms with E-state index >= 15 is 0 Å². The van der Waals surface area contributed by atoms with Gasteiger partial charge in [-0.3, -0.25) is 0 Å². The van der Waals surface area contributed by atoms with Gasteiger partial charge in [-0.15, -0.1) is 0 Å². The van der Waals surface area contributed by atoms with E-state index in [9.17, 15) is 5.21 Å². The van der Waals surface area contributed by atoms with Crippen LogP contribution in [0.3, 0.4) is 0 Å². The van der Waals surface area contributed by atoms with Crippen LogP contribution in [0.4, 0.5) is 0 Å². The Morgan fingerprint density at radius 2 is 1.70 bits per heavy atom. The normalized spacial score (nSPS) is 36.3. The first-order valence-electron chi connectivity index (χ1n) is 3.87. The van der Waals surface area contributed by atoms with Gasteiger partial charge in [-0.25, -0.2) is 0 Å². The largest absolute Gasteiger partial charge is 0.634 e. The van der Waals surface area contributed by atoms with Crippen LogP contribution in [-0.4, -0.2) is 12.1 Å². The molecule has 0 bridgehead atoms. The van der Waals surface area contributed by atoms with Gasteiger partial charge in [0.25, 0.3) is 0 Å². The molecule has 2 nitrogen and oxygen atoms in total. The summed E-state index contributed by atoms with van der Waals surface area (Å²) in [5.41, 5.74) is 0.198. The predicted octanol–water partition coefficient (Wildman–Crippen LogP) is 0.578. The first kappa shape index (κ1) is 8.02. The van der Waals surface area contributed by atoms with Crippen molar-refractivity contribution >= 4 is 0 Å². The summed E-state index contributed by atoms with van der Waals surface area (Å²) in [6.45, 7) is 9.19. The quantitative estimate of drug-likeness (QED) is 0.493. The van der Waals surface area contributed by atoms with E-state index in [-0.39, 0.29) is 11.0 Å². The van der Waals surface area contributed by atoms with Crippen LogP contribution in [0.15, 0.2) is 0 Å². The zero-order valence-corrected chi connectivity index (χ0v) is 7.32. The van der Waals surface area contributed by atoms with Crippen LogP contribution in [0.25, 0.3) is 0 Å². The fraction of sp³-hybridized carbons (Fsp3) is 1.00. The van der Waals surface area contributed by atoms with Crippen LogP contribution in [0.5, 0.6) is 0 Å². The molecular formula is C8H17NO. The average molecular weight is 143 g/mol. The topological polar surface area (TPSA) is 27.5 Å². The molecule has 1 heterocycles. The monoisotopic (exact) mass is 143 g/mol. The van der Waals surface area contributed by atoms with Gasteiger partial charge in [0.2, 0.25) is 0 Å². The van der Waals surface area contributed by atoms with Gasteiger partial charge in [-0.1, -0.05) is 13.8 Å². The van der Waals surface area contributed by atoms with Crippen LogP contribution >= 0.6 is 0 Å². The van der Waals surface area contributed by atoms with Gasteiger partial charge < -0.3 is 10.3 Å². The Kier molecular flexibility index (Phi) is 1.57. The number of hydrogen-bond acceptors (Lipinski definition) is 1. The van der Waals surface area contributed by atoms with Gasteiger partial charge in [0.05, 0.1) is 12.1 Å². The molecule has 1 aliphatic rings. The summed E-state index contributed by atoms with van der Waals surface area (Å²) in [6.07, 6.45) is 1.04. The Balaban J connectivity index is 2.71. The molecule has 1 atom stereocenters. The molecule has 0 radical (unpaired) electrons. The molecule has 0 amide bonds. The third kappa shape index (κ3) is 1.32. The highest BCUT2D eigenvalue weighted by molar-refractivity contribution is 4.84. The van der Waals surface area contributed by atoms with Crippen LogP contribution in [0.1, 0.15) is 34.1 Å². The molecule has 0 aromatic rings. The minimum absolute atomic E-state index is 0.0521. The lowest BCUT2D eigenvalue weighted by molar-refractivity contribution is -0.888. The molecule has 60 valence electrons. The molecule has 1 N–H and O–H groups in total. The summed E-state index contributed by atoms with van der Waals surface area (Å²) in [7, 11) is 0. The van der Waals surface area contributed by atoms with Crippen LogP contribution in [0, 0.1) is 10.6 Å². The Labute approximate surface area is 62.8 Å². The molecule has 1 rings (SSSR count). The lowest BCUT2D eigenvalue weighted by Crippen LogP contribution is -3.13. The van der Waals surface area contributed by atoms with E-state index in [0.717, 1.165) is 13.0 Å². The highest BCUT2D eigenvalue weighted by Crippen LogP contribution is 2.29. The zero-order valence-electron chi connectivity index (χ0n) is 7.32. The van der Waals surface area contributed by atoms with Crippen molar-refractivity contribution in [1.82, 2.24) is 0 Å². The highest BCUT2D eigenvalue weighted by Gasteiger charge is 2.42. The molecule has 0 aromatic heterocycles. The van der Waals surface area contributed by atoms with E-state index in [2.05, 4.69) is 13.8 Å². The van der Waals surface area contributed by atoms with E-state index in [1.54, 1.807) is 0 Å². The standard InChI is InChI=1S/C8H17NO/c1-7(2)5-8(3,4)9(10)6-7/h9H,5-6H2,1-4H3. The smallest absolute Gasteiger partial charge is 0.0924 e. The second-order valence-electron chi connectivity index (χ2n) is 4.82. The Hall–Kier alpha value is -0.0800. The molecule has 0 aromatic carbocycles. The third-order valence-electron chi connectivity index (χ3n) is 2.31. The lowest BCUT2D eigenvalue weighted by Gasteiger charge is -2.30. The van der Waals surface area contributed by atoms with Crippen molar-refractivity contribution in [2.24, 2.45) is 5.41 Å². The van der Waals surface area contributed by atoms with Crippen molar-refractivity contribution in [2.45, 2.75) is 39.7 Å².